The Bertz CT molecular complexity index is 1010. The van der Waals surface area contributed by atoms with Crippen LogP contribution in [0.15, 0.2) is 75.3 Å². The van der Waals surface area contributed by atoms with Gasteiger partial charge < -0.3 is 18.8 Å². The molecule has 27 heavy (non-hydrogen) atoms. The smallest absolute Gasteiger partial charge is 0.296 e. The monoisotopic (exact) mass is 363 g/mol. The van der Waals surface area contributed by atoms with E-state index in [9.17, 15) is 14.7 Å². The minimum absolute atomic E-state index is 0.00658. The standard InChI is InChI=1S/C21H17NO5/c1-13-9-10-16(27-13)18-17(19(23)14-6-3-2-4-7-14)20(24)21(25)22(18)12-15-8-5-11-26-15/h2-11,18,23H,12H2,1H3/b19-17-. The van der Waals surface area contributed by atoms with Gasteiger partial charge in [-0.1, -0.05) is 30.3 Å². The maximum absolute atomic E-state index is 12.8. The zero-order chi connectivity index (χ0) is 19.0. The number of Topliss-reactive ketones (excluding diaryl/α,β-unsaturated/α-hetero) is 1. The molecule has 1 saturated heterocycles. The minimum atomic E-state index is -0.830. The third-order valence-electron chi connectivity index (χ3n) is 4.52. The Hall–Kier alpha value is -3.54. The number of amides is 1. The molecule has 1 atom stereocenters. The fourth-order valence-corrected chi connectivity index (χ4v) is 3.26. The molecule has 0 spiro atoms. The lowest BCUT2D eigenvalue weighted by Gasteiger charge is -2.22. The van der Waals surface area contributed by atoms with Gasteiger partial charge in [0, 0.05) is 5.56 Å². The molecule has 1 aromatic carbocycles. The van der Waals surface area contributed by atoms with Gasteiger partial charge >= 0.3 is 0 Å². The van der Waals surface area contributed by atoms with Crippen LogP contribution in [0.1, 0.15) is 28.9 Å². The number of benzene rings is 1. The zero-order valence-corrected chi connectivity index (χ0v) is 14.6. The van der Waals surface area contributed by atoms with Crippen molar-refractivity contribution in [3.8, 4) is 0 Å². The van der Waals surface area contributed by atoms with Crippen molar-refractivity contribution in [3.63, 3.8) is 0 Å². The van der Waals surface area contributed by atoms with Crippen LogP contribution in [0, 0.1) is 6.92 Å². The Morgan fingerprint density at radius 1 is 1.07 bits per heavy atom. The number of rotatable bonds is 4. The maximum atomic E-state index is 12.8. The van der Waals surface area contributed by atoms with E-state index in [1.807, 2.05) is 0 Å². The number of furan rings is 2. The van der Waals surface area contributed by atoms with Gasteiger partial charge in [0.25, 0.3) is 11.7 Å². The van der Waals surface area contributed by atoms with Crippen LogP contribution in [0.4, 0.5) is 0 Å². The first kappa shape index (κ1) is 16.9. The van der Waals surface area contributed by atoms with Gasteiger partial charge in [-0.25, -0.2) is 0 Å². The lowest BCUT2D eigenvalue weighted by atomic mass is 9.99. The Kier molecular flexibility index (Phi) is 4.16. The van der Waals surface area contributed by atoms with Crippen LogP contribution >= 0.6 is 0 Å². The van der Waals surface area contributed by atoms with E-state index in [0.717, 1.165) is 0 Å². The van der Waals surface area contributed by atoms with Crippen molar-refractivity contribution in [1.82, 2.24) is 4.90 Å². The SMILES string of the molecule is Cc1ccc(C2/C(=C(/O)c3ccccc3)C(=O)C(=O)N2Cc2ccco2)o1. The summed E-state index contributed by atoms with van der Waals surface area (Å²) in [5, 5.41) is 10.8. The van der Waals surface area contributed by atoms with Gasteiger partial charge in [0.05, 0.1) is 18.4 Å². The van der Waals surface area contributed by atoms with Crippen LogP contribution in [-0.2, 0) is 16.1 Å². The number of likely N-dealkylation sites (tertiary alicyclic amines) is 1. The molecule has 0 bridgehead atoms. The van der Waals surface area contributed by atoms with E-state index in [1.54, 1.807) is 61.5 Å². The van der Waals surface area contributed by atoms with Gasteiger partial charge in [-0.05, 0) is 31.2 Å². The van der Waals surface area contributed by atoms with Gasteiger partial charge in [0.1, 0.15) is 29.1 Å². The highest BCUT2D eigenvalue weighted by atomic mass is 16.3. The molecular formula is C21H17NO5. The van der Waals surface area contributed by atoms with Crippen molar-refractivity contribution in [1.29, 1.82) is 0 Å². The summed E-state index contributed by atoms with van der Waals surface area (Å²) in [4.78, 5) is 26.8. The first-order valence-electron chi connectivity index (χ1n) is 8.49. The zero-order valence-electron chi connectivity index (χ0n) is 14.6. The number of hydrogen-bond acceptors (Lipinski definition) is 5. The predicted octanol–water partition coefficient (Wildman–Crippen LogP) is 3.80. The average molecular weight is 363 g/mol. The molecule has 0 aliphatic carbocycles. The minimum Gasteiger partial charge on any atom is -0.507 e. The number of aryl methyl sites for hydroxylation is 1. The first-order valence-corrected chi connectivity index (χ1v) is 8.49. The Morgan fingerprint density at radius 3 is 2.48 bits per heavy atom. The molecule has 136 valence electrons. The van der Waals surface area contributed by atoms with Crippen LogP contribution in [-0.4, -0.2) is 21.7 Å². The summed E-state index contributed by atoms with van der Waals surface area (Å²) in [6.07, 6.45) is 1.50. The lowest BCUT2D eigenvalue weighted by Crippen LogP contribution is -2.28. The number of carbonyl (C=O) groups is 2. The summed E-state index contributed by atoms with van der Waals surface area (Å²) >= 11 is 0. The highest BCUT2D eigenvalue weighted by Crippen LogP contribution is 2.40. The second-order valence-electron chi connectivity index (χ2n) is 6.32. The Balaban J connectivity index is 1.86. The van der Waals surface area contributed by atoms with E-state index in [1.165, 1.54) is 11.2 Å². The highest BCUT2D eigenvalue weighted by molar-refractivity contribution is 6.46. The van der Waals surface area contributed by atoms with E-state index >= 15 is 0 Å². The average Bonchev–Trinajstić information content (AvgIpc) is 3.39. The van der Waals surface area contributed by atoms with E-state index in [4.69, 9.17) is 8.83 Å². The van der Waals surface area contributed by atoms with E-state index < -0.39 is 17.7 Å². The van der Waals surface area contributed by atoms with Crippen LogP contribution in [0.2, 0.25) is 0 Å². The quantitative estimate of drug-likeness (QED) is 0.433. The summed E-state index contributed by atoms with van der Waals surface area (Å²) in [6.45, 7) is 1.87. The summed E-state index contributed by atoms with van der Waals surface area (Å²) in [6, 6.07) is 14.7. The van der Waals surface area contributed by atoms with Crippen LogP contribution in [0.3, 0.4) is 0 Å². The van der Waals surface area contributed by atoms with Crippen molar-refractivity contribution in [2.75, 3.05) is 0 Å². The first-order chi connectivity index (χ1) is 13.1. The summed E-state index contributed by atoms with van der Waals surface area (Å²) in [5.74, 6) is -0.0891. The number of aliphatic hydroxyl groups is 1. The van der Waals surface area contributed by atoms with Gasteiger partial charge in [-0.2, -0.15) is 0 Å². The number of nitrogens with zero attached hydrogens (tertiary/aromatic N) is 1. The molecule has 1 aliphatic heterocycles. The topological polar surface area (TPSA) is 83.9 Å². The molecule has 0 radical (unpaired) electrons. The normalized spacial score (nSPS) is 19.0. The molecule has 4 rings (SSSR count). The van der Waals surface area contributed by atoms with Crippen LogP contribution in [0.5, 0.6) is 0 Å². The van der Waals surface area contributed by atoms with E-state index in [2.05, 4.69) is 0 Å². The molecular weight excluding hydrogens is 346 g/mol. The molecule has 1 aliphatic rings. The number of carbonyl (C=O) groups excluding carboxylic acids is 2. The second-order valence-corrected chi connectivity index (χ2v) is 6.32. The molecule has 1 N–H and O–H groups in total. The summed E-state index contributed by atoms with van der Waals surface area (Å²) in [7, 11) is 0. The molecule has 3 aromatic rings. The molecule has 3 heterocycles. The fraction of sp³-hybridized carbons (Fsp3) is 0.143. The van der Waals surface area contributed by atoms with E-state index in [0.29, 0.717) is 22.8 Å². The van der Waals surface area contributed by atoms with Crippen molar-refractivity contribution >= 4 is 17.4 Å². The number of aliphatic hydroxyl groups excluding tert-OH is 1. The van der Waals surface area contributed by atoms with Gasteiger partial charge in [0.15, 0.2) is 0 Å². The third-order valence-corrected chi connectivity index (χ3v) is 4.52. The Morgan fingerprint density at radius 2 is 1.85 bits per heavy atom. The fourth-order valence-electron chi connectivity index (χ4n) is 3.26. The summed E-state index contributed by atoms with van der Waals surface area (Å²) < 4.78 is 11.0. The molecule has 6 heteroatoms. The summed E-state index contributed by atoms with van der Waals surface area (Å²) in [5.41, 5.74) is 0.467. The van der Waals surface area contributed by atoms with Gasteiger partial charge in [-0.15, -0.1) is 0 Å². The molecule has 0 saturated carbocycles. The van der Waals surface area contributed by atoms with Crippen molar-refractivity contribution in [2.45, 2.75) is 19.5 Å². The van der Waals surface area contributed by atoms with Gasteiger partial charge in [-0.3, -0.25) is 9.59 Å². The van der Waals surface area contributed by atoms with Crippen LogP contribution in [0.25, 0.3) is 5.76 Å². The number of hydrogen-bond donors (Lipinski definition) is 1. The predicted molar refractivity (Wildman–Crippen MR) is 96.4 cm³/mol. The second kappa shape index (κ2) is 6.64. The molecule has 1 amide bonds. The number of ketones is 1. The molecule has 1 fully saturated rings. The van der Waals surface area contributed by atoms with Gasteiger partial charge in [0.2, 0.25) is 0 Å². The molecule has 1 unspecified atom stereocenters. The van der Waals surface area contributed by atoms with Crippen molar-refractivity contribution in [2.24, 2.45) is 0 Å². The van der Waals surface area contributed by atoms with Crippen molar-refractivity contribution < 1.29 is 23.5 Å². The maximum Gasteiger partial charge on any atom is 0.296 e. The highest BCUT2D eigenvalue weighted by Gasteiger charge is 2.47. The Labute approximate surface area is 155 Å². The molecule has 2 aromatic heterocycles. The third kappa shape index (κ3) is 2.95. The van der Waals surface area contributed by atoms with Crippen molar-refractivity contribution in [3.05, 3.63) is 89.3 Å². The lowest BCUT2D eigenvalue weighted by molar-refractivity contribution is -0.140. The largest absolute Gasteiger partial charge is 0.507 e. The van der Waals surface area contributed by atoms with E-state index in [-0.39, 0.29) is 17.9 Å². The molecule has 6 nitrogen and oxygen atoms in total. The van der Waals surface area contributed by atoms with Crippen LogP contribution < -0.4 is 0 Å².